The van der Waals surface area contributed by atoms with Crippen LogP contribution in [0.5, 0.6) is 0 Å². The molecule has 1 aliphatic rings. The van der Waals surface area contributed by atoms with Crippen LogP contribution < -0.4 is 5.32 Å². The lowest BCUT2D eigenvalue weighted by Gasteiger charge is -2.21. The Hall–Kier alpha value is -1.63. The van der Waals surface area contributed by atoms with Crippen LogP contribution in [0.3, 0.4) is 0 Å². The minimum atomic E-state index is -0.482. The predicted octanol–water partition coefficient (Wildman–Crippen LogP) is 1.39. The van der Waals surface area contributed by atoms with Gasteiger partial charge >= 0.3 is 6.09 Å². The Morgan fingerprint density at radius 3 is 2.90 bits per heavy atom. The Balaban J connectivity index is 1.84. The van der Waals surface area contributed by atoms with Gasteiger partial charge in [-0.05, 0) is 40.0 Å². The maximum atomic E-state index is 11.7. The second kappa shape index (κ2) is 5.78. The van der Waals surface area contributed by atoms with Crippen molar-refractivity contribution >= 4 is 6.09 Å². The largest absolute Gasteiger partial charge is 0.444 e. The van der Waals surface area contributed by atoms with Gasteiger partial charge in [-0.15, -0.1) is 5.10 Å². The third-order valence-corrected chi connectivity index (χ3v) is 3.22. The van der Waals surface area contributed by atoms with Crippen LogP contribution in [0, 0.1) is 0 Å². The van der Waals surface area contributed by atoms with E-state index >= 15 is 0 Å². The molecule has 1 saturated carbocycles. The van der Waals surface area contributed by atoms with Gasteiger partial charge in [-0.3, -0.25) is 0 Å². The first-order valence-corrected chi connectivity index (χ1v) is 6.88. The number of aromatic nitrogens is 3. The van der Waals surface area contributed by atoms with E-state index in [1.54, 1.807) is 10.9 Å². The zero-order valence-electron chi connectivity index (χ0n) is 12.2. The zero-order valence-corrected chi connectivity index (χ0v) is 12.2. The Morgan fingerprint density at radius 1 is 1.55 bits per heavy atom. The van der Waals surface area contributed by atoms with Crippen molar-refractivity contribution in [2.75, 3.05) is 0 Å². The average molecular weight is 282 g/mol. The Morgan fingerprint density at radius 2 is 2.30 bits per heavy atom. The van der Waals surface area contributed by atoms with E-state index in [2.05, 4.69) is 15.6 Å². The van der Waals surface area contributed by atoms with Crippen molar-refractivity contribution in [3.05, 3.63) is 11.9 Å². The van der Waals surface area contributed by atoms with E-state index in [-0.39, 0.29) is 24.8 Å². The fourth-order valence-corrected chi connectivity index (χ4v) is 2.37. The normalized spacial score (nSPS) is 22.8. The van der Waals surface area contributed by atoms with E-state index in [4.69, 9.17) is 9.84 Å². The molecule has 0 aliphatic heterocycles. The average Bonchev–Trinajstić information content (AvgIpc) is 2.93. The van der Waals surface area contributed by atoms with E-state index in [0.717, 1.165) is 19.3 Å². The van der Waals surface area contributed by atoms with Crippen LogP contribution >= 0.6 is 0 Å². The second-order valence-corrected chi connectivity index (χ2v) is 6.16. The predicted molar refractivity (Wildman–Crippen MR) is 72.0 cm³/mol. The molecular weight excluding hydrogens is 260 g/mol. The maximum Gasteiger partial charge on any atom is 0.407 e. The van der Waals surface area contributed by atoms with Gasteiger partial charge in [-0.2, -0.15) is 0 Å². The molecular formula is C13H22N4O3. The molecule has 1 fully saturated rings. The summed E-state index contributed by atoms with van der Waals surface area (Å²) >= 11 is 0. The van der Waals surface area contributed by atoms with E-state index < -0.39 is 5.60 Å². The number of amides is 1. The van der Waals surface area contributed by atoms with E-state index in [0.29, 0.717) is 5.69 Å². The Bertz CT molecular complexity index is 466. The topological polar surface area (TPSA) is 89.3 Å². The number of rotatable bonds is 3. The van der Waals surface area contributed by atoms with E-state index in [9.17, 15) is 4.79 Å². The summed E-state index contributed by atoms with van der Waals surface area (Å²) in [6, 6.07) is 0.305. The quantitative estimate of drug-likeness (QED) is 0.874. The molecule has 2 atom stereocenters. The van der Waals surface area contributed by atoms with Gasteiger partial charge in [0, 0.05) is 6.04 Å². The summed E-state index contributed by atoms with van der Waals surface area (Å²) in [6.45, 7) is 5.42. The molecule has 1 heterocycles. The second-order valence-electron chi connectivity index (χ2n) is 6.16. The summed E-state index contributed by atoms with van der Waals surface area (Å²) < 4.78 is 7.01. The van der Waals surface area contributed by atoms with Gasteiger partial charge in [-0.25, -0.2) is 9.48 Å². The first-order valence-electron chi connectivity index (χ1n) is 6.88. The van der Waals surface area contributed by atoms with Crippen molar-refractivity contribution < 1.29 is 14.6 Å². The first kappa shape index (κ1) is 14.8. The Labute approximate surface area is 118 Å². The molecule has 7 heteroatoms. The molecule has 20 heavy (non-hydrogen) atoms. The van der Waals surface area contributed by atoms with Crippen molar-refractivity contribution in [3.63, 3.8) is 0 Å². The summed E-state index contributed by atoms with van der Waals surface area (Å²) in [6.07, 6.45) is 3.98. The zero-order chi connectivity index (χ0) is 14.8. The molecule has 1 aliphatic carbocycles. The van der Waals surface area contributed by atoms with E-state index in [1.165, 1.54) is 0 Å². The molecule has 7 nitrogen and oxygen atoms in total. The minimum Gasteiger partial charge on any atom is -0.444 e. The highest BCUT2D eigenvalue weighted by Gasteiger charge is 2.29. The number of aliphatic hydroxyl groups is 1. The molecule has 0 saturated heterocycles. The summed E-state index contributed by atoms with van der Waals surface area (Å²) in [4.78, 5) is 11.7. The number of ether oxygens (including phenoxy) is 1. The molecule has 0 bridgehead atoms. The third kappa shape index (κ3) is 3.93. The van der Waals surface area contributed by atoms with Crippen molar-refractivity contribution in [3.8, 4) is 0 Å². The van der Waals surface area contributed by atoms with Crippen molar-refractivity contribution in [2.45, 2.75) is 64.3 Å². The molecule has 0 radical (unpaired) electrons. The molecule has 2 rings (SSSR count). The fraction of sp³-hybridized carbons (Fsp3) is 0.769. The lowest BCUT2D eigenvalue weighted by Crippen LogP contribution is -2.38. The lowest BCUT2D eigenvalue weighted by atomic mass is 10.2. The van der Waals surface area contributed by atoms with Gasteiger partial charge < -0.3 is 15.2 Å². The van der Waals surface area contributed by atoms with Gasteiger partial charge in [0.15, 0.2) is 0 Å². The number of nitrogens with one attached hydrogen (secondary N) is 1. The standard InChI is InChI=1S/C13H22N4O3/c1-13(2,3)20-12(19)14-9-4-5-11(6-9)17-7-10(8-18)15-16-17/h7,9,11,18H,4-6,8H2,1-3H3,(H,14,19). The number of carbonyl (C=O) groups excluding carboxylic acids is 1. The van der Waals surface area contributed by atoms with Crippen LogP contribution in [0.25, 0.3) is 0 Å². The number of hydrogen-bond donors (Lipinski definition) is 2. The summed E-state index contributed by atoms with van der Waals surface area (Å²) in [5.74, 6) is 0. The highest BCUT2D eigenvalue weighted by Crippen LogP contribution is 2.29. The van der Waals surface area contributed by atoms with Gasteiger partial charge in [-0.1, -0.05) is 5.21 Å². The van der Waals surface area contributed by atoms with Crippen molar-refractivity contribution in [1.82, 2.24) is 20.3 Å². The van der Waals surface area contributed by atoms with Crippen LogP contribution in [0.2, 0.25) is 0 Å². The summed E-state index contributed by atoms with van der Waals surface area (Å²) in [5.41, 5.74) is 0.0814. The number of nitrogens with zero attached hydrogens (tertiary/aromatic N) is 3. The Kier molecular flexibility index (Phi) is 4.27. The van der Waals surface area contributed by atoms with Crippen molar-refractivity contribution in [2.24, 2.45) is 0 Å². The van der Waals surface area contributed by atoms with Crippen LogP contribution in [0.1, 0.15) is 51.8 Å². The number of alkyl carbamates (subject to hydrolysis) is 1. The molecule has 0 spiro atoms. The van der Waals surface area contributed by atoms with Gasteiger partial charge in [0.05, 0.1) is 18.8 Å². The van der Waals surface area contributed by atoms with Crippen molar-refractivity contribution in [1.29, 1.82) is 0 Å². The number of aliphatic hydroxyl groups excluding tert-OH is 1. The monoisotopic (exact) mass is 282 g/mol. The minimum absolute atomic E-state index is 0.0941. The molecule has 112 valence electrons. The van der Waals surface area contributed by atoms with Gasteiger partial charge in [0.25, 0.3) is 0 Å². The highest BCUT2D eigenvalue weighted by atomic mass is 16.6. The molecule has 0 aromatic carbocycles. The first-order chi connectivity index (χ1) is 9.37. The number of hydrogen-bond acceptors (Lipinski definition) is 5. The molecule has 2 unspecified atom stereocenters. The van der Waals surface area contributed by atoms with Crippen LogP contribution in [0.4, 0.5) is 4.79 Å². The van der Waals surface area contributed by atoms with Crippen LogP contribution in [0.15, 0.2) is 6.20 Å². The van der Waals surface area contributed by atoms with Gasteiger partial charge in [0.2, 0.25) is 0 Å². The summed E-state index contributed by atoms with van der Waals surface area (Å²) in [7, 11) is 0. The SMILES string of the molecule is CC(C)(C)OC(=O)NC1CCC(n2cc(CO)nn2)C1. The molecule has 1 amide bonds. The maximum absolute atomic E-state index is 11.7. The highest BCUT2D eigenvalue weighted by molar-refractivity contribution is 5.68. The fourth-order valence-electron chi connectivity index (χ4n) is 2.37. The lowest BCUT2D eigenvalue weighted by molar-refractivity contribution is 0.0504. The summed E-state index contributed by atoms with van der Waals surface area (Å²) in [5, 5.41) is 19.7. The molecule has 2 N–H and O–H groups in total. The van der Waals surface area contributed by atoms with Gasteiger partial charge in [0.1, 0.15) is 11.3 Å². The smallest absolute Gasteiger partial charge is 0.407 e. The molecule has 1 aromatic heterocycles. The number of carbonyl (C=O) groups is 1. The molecule has 1 aromatic rings. The third-order valence-electron chi connectivity index (χ3n) is 3.22. The van der Waals surface area contributed by atoms with E-state index in [1.807, 2.05) is 20.8 Å². The van der Waals surface area contributed by atoms with Crippen LogP contribution in [-0.2, 0) is 11.3 Å². The van der Waals surface area contributed by atoms with Crippen LogP contribution in [-0.4, -0.2) is 37.8 Å².